The van der Waals surface area contributed by atoms with E-state index in [9.17, 15) is 9.59 Å². The van der Waals surface area contributed by atoms with Gasteiger partial charge >= 0.3 is 0 Å². The summed E-state index contributed by atoms with van der Waals surface area (Å²) in [6, 6.07) is 17.6. The highest BCUT2D eigenvalue weighted by Gasteiger charge is 2.44. The number of carbonyl (C=O) groups is 2. The predicted molar refractivity (Wildman–Crippen MR) is 107 cm³/mol. The lowest BCUT2D eigenvalue weighted by Crippen LogP contribution is -2.39. The summed E-state index contributed by atoms with van der Waals surface area (Å²) in [5.74, 6) is -0.429. The van der Waals surface area contributed by atoms with Crippen molar-refractivity contribution in [3.05, 3.63) is 71.4 Å². The summed E-state index contributed by atoms with van der Waals surface area (Å²) in [6.45, 7) is 1.73. The molecular weight excluding hydrogens is 352 g/mol. The Morgan fingerprint density at radius 1 is 0.964 bits per heavy atom. The van der Waals surface area contributed by atoms with Crippen LogP contribution in [-0.2, 0) is 20.7 Å². The van der Waals surface area contributed by atoms with Crippen molar-refractivity contribution in [2.75, 3.05) is 24.6 Å². The van der Waals surface area contributed by atoms with E-state index in [1.54, 1.807) is 0 Å². The molecular formula is C23H22N2O3. The van der Waals surface area contributed by atoms with Gasteiger partial charge in [0.25, 0.3) is 11.8 Å². The number of hydrogen-bond donors (Lipinski definition) is 0. The Balaban J connectivity index is 1.58. The second kappa shape index (κ2) is 6.91. The fraction of sp³-hybridized carbons (Fsp3) is 0.304. The molecule has 0 N–H and O–H groups in total. The molecule has 28 heavy (non-hydrogen) atoms. The summed E-state index contributed by atoms with van der Waals surface area (Å²) in [5.41, 5.74) is 4.01. The summed E-state index contributed by atoms with van der Waals surface area (Å²) >= 11 is 0. The van der Waals surface area contributed by atoms with E-state index in [0.29, 0.717) is 31.0 Å². The van der Waals surface area contributed by atoms with Crippen molar-refractivity contribution in [1.29, 1.82) is 0 Å². The minimum atomic E-state index is -0.217. The highest BCUT2D eigenvalue weighted by molar-refractivity contribution is 6.36. The molecule has 2 aromatic rings. The quantitative estimate of drug-likeness (QED) is 0.772. The van der Waals surface area contributed by atoms with Gasteiger partial charge in [0.05, 0.1) is 18.2 Å². The Hall–Kier alpha value is -2.92. The van der Waals surface area contributed by atoms with Gasteiger partial charge in [-0.25, -0.2) is 0 Å². The van der Waals surface area contributed by atoms with Gasteiger partial charge in [-0.1, -0.05) is 48.5 Å². The first-order chi connectivity index (χ1) is 13.7. The fourth-order valence-corrected chi connectivity index (χ4v) is 4.41. The minimum absolute atomic E-state index is 0.0601. The monoisotopic (exact) mass is 374 g/mol. The van der Waals surface area contributed by atoms with Crippen molar-refractivity contribution in [2.24, 2.45) is 0 Å². The largest absolute Gasteiger partial charge is 0.376 e. The van der Waals surface area contributed by atoms with E-state index >= 15 is 0 Å². The number of fused-ring (bicyclic) bond motifs is 1. The van der Waals surface area contributed by atoms with Gasteiger partial charge < -0.3 is 9.64 Å². The van der Waals surface area contributed by atoms with Gasteiger partial charge in [-0.15, -0.1) is 0 Å². The average Bonchev–Trinajstić information content (AvgIpc) is 3.44. The molecule has 142 valence electrons. The Kier molecular flexibility index (Phi) is 4.24. The van der Waals surface area contributed by atoms with E-state index < -0.39 is 0 Å². The minimum Gasteiger partial charge on any atom is -0.376 e. The van der Waals surface area contributed by atoms with Crippen molar-refractivity contribution < 1.29 is 14.3 Å². The first kappa shape index (κ1) is 17.2. The molecule has 2 amide bonds. The van der Waals surface area contributed by atoms with Crippen LogP contribution in [-0.4, -0.2) is 42.5 Å². The lowest BCUT2D eigenvalue weighted by Gasteiger charge is -2.23. The van der Waals surface area contributed by atoms with Gasteiger partial charge in [-0.2, -0.15) is 0 Å². The lowest BCUT2D eigenvalue weighted by molar-refractivity contribution is -0.138. The van der Waals surface area contributed by atoms with Crippen LogP contribution < -0.4 is 4.90 Å². The van der Waals surface area contributed by atoms with Crippen LogP contribution in [0.4, 0.5) is 5.69 Å². The molecule has 0 radical (unpaired) electrons. The van der Waals surface area contributed by atoms with Crippen LogP contribution in [0, 0.1) is 0 Å². The second-order valence-electron chi connectivity index (χ2n) is 7.48. The maximum absolute atomic E-state index is 13.4. The summed E-state index contributed by atoms with van der Waals surface area (Å²) < 4.78 is 5.69. The van der Waals surface area contributed by atoms with E-state index in [0.717, 1.165) is 30.5 Å². The van der Waals surface area contributed by atoms with Gasteiger partial charge in [0.15, 0.2) is 0 Å². The SMILES string of the molecule is O=C1C(c2ccccc2)=C(N2CCc3ccccc32)C(=O)N1CC1CCCO1. The maximum Gasteiger partial charge on any atom is 0.278 e. The Labute approximate surface area is 164 Å². The molecule has 5 rings (SSSR count). The normalized spacial score (nSPS) is 21.8. The molecule has 1 saturated heterocycles. The number of amides is 2. The number of nitrogens with zero attached hydrogens (tertiary/aromatic N) is 2. The van der Waals surface area contributed by atoms with Crippen molar-refractivity contribution in [3.8, 4) is 0 Å². The highest BCUT2D eigenvalue weighted by Crippen LogP contribution is 2.38. The topological polar surface area (TPSA) is 49.9 Å². The van der Waals surface area contributed by atoms with E-state index in [1.807, 2.05) is 53.4 Å². The molecule has 5 nitrogen and oxygen atoms in total. The molecule has 2 aromatic carbocycles. The standard InChI is InChI=1S/C23H22N2O3/c26-22-20(17-8-2-1-3-9-17)21(23(27)25(22)15-18-10-6-14-28-18)24-13-12-16-7-4-5-11-19(16)24/h1-5,7-9,11,18H,6,10,12-15H2. The average molecular weight is 374 g/mol. The predicted octanol–water partition coefficient (Wildman–Crippen LogP) is 3.01. The second-order valence-corrected chi connectivity index (χ2v) is 7.48. The number of carbonyl (C=O) groups excluding carboxylic acids is 2. The number of rotatable bonds is 4. The van der Waals surface area contributed by atoms with E-state index in [4.69, 9.17) is 4.74 Å². The zero-order chi connectivity index (χ0) is 19.1. The van der Waals surface area contributed by atoms with Crippen LogP contribution in [0.1, 0.15) is 24.0 Å². The van der Waals surface area contributed by atoms with Gasteiger partial charge in [-0.3, -0.25) is 14.5 Å². The Morgan fingerprint density at radius 3 is 2.54 bits per heavy atom. The molecule has 5 heteroatoms. The number of benzene rings is 2. The molecule has 3 aliphatic heterocycles. The third kappa shape index (κ3) is 2.74. The van der Waals surface area contributed by atoms with Crippen LogP contribution >= 0.6 is 0 Å². The number of anilines is 1. The highest BCUT2D eigenvalue weighted by atomic mass is 16.5. The van der Waals surface area contributed by atoms with Crippen molar-refractivity contribution in [3.63, 3.8) is 0 Å². The van der Waals surface area contributed by atoms with Gasteiger partial charge in [0.1, 0.15) is 5.70 Å². The molecule has 1 atom stereocenters. The Bertz CT molecular complexity index is 961. The third-order valence-electron chi connectivity index (χ3n) is 5.77. The maximum atomic E-state index is 13.4. The Morgan fingerprint density at radius 2 is 1.75 bits per heavy atom. The summed E-state index contributed by atoms with van der Waals surface area (Å²) in [5, 5.41) is 0. The van der Waals surface area contributed by atoms with Crippen molar-refractivity contribution in [2.45, 2.75) is 25.4 Å². The lowest BCUT2D eigenvalue weighted by atomic mass is 10.0. The molecule has 1 unspecified atom stereocenters. The van der Waals surface area contributed by atoms with Crippen molar-refractivity contribution in [1.82, 2.24) is 4.90 Å². The van der Waals surface area contributed by atoms with Gasteiger partial charge in [0, 0.05) is 18.8 Å². The van der Waals surface area contributed by atoms with Crippen LogP contribution in [0.3, 0.4) is 0 Å². The molecule has 3 heterocycles. The summed E-state index contributed by atoms with van der Waals surface area (Å²) in [7, 11) is 0. The zero-order valence-corrected chi connectivity index (χ0v) is 15.6. The van der Waals surface area contributed by atoms with Crippen molar-refractivity contribution >= 4 is 23.1 Å². The van der Waals surface area contributed by atoms with E-state index in [1.165, 1.54) is 10.5 Å². The number of imide groups is 1. The molecule has 0 aliphatic carbocycles. The summed E-state index contributed by atoms with van der Waals surface area (Å²) in [4.78, 5) is 30.2. The van der Waals surface area contributed by atoms with Crippen LogP contribution in [0.2, 0.25) is 0 Å². The number of ether oxygens (including phenoxy) is 1. The van der Waals surface area contributed by atoms with Crippen LogP contribution in [0.5, 0.6) is 0 Å². The number of para-hydroxylation sites is 1. The first-order valence-electron chi connectivity index (χ1n) is 9.87. The smallest absolute Gasteiger partial charge is 0.278 e. The zero-order valence-electron chi connectivity index (χ0n) is 15.6. The number of hydrogen-bond acceptors (Lipinski definition) is 4. The first-order valence-corrected chi connectivity index (χ1v) is 9.87. The third-order valence-corrected chi connectivity index (χ3v) is 5.77. The van der Waals surface area contributed by atoms with Gasteiger partial charge in [0.2, 0.25) is 0 Å². The molecule has 0 spiro atoms. The molecule has 0 bridgehead atoms. The molecule has 0 saturated carbocycles. The molecule has 1 fully saturated rings. The molecule has 0 aromatic heterocycles. The van der Waals surface area contributed by atoms with Crippen LogP contribution in [0.15, 0.2) is 60.3 Å². The fourth-order valence-electron chi connectivity index (χ4n) is 4.41. The van der Waals surface area contributed by atoms with Gasteiger partial charge in [-0.05, 0) is 36.5 Å². The van der Waals surface area contributed by atoms with Crippen LogP contribution in [0.25, 0.3) is 5.57 Å². The van der Waals surface area contributed by atoms with E-state index in [-0.39, 0.29) is 17.9 Å². The van der Waals surface area contributed by atoms with E-state index in [2.05, 4.69) is 6.07 Å². The summed E-state index contributed by atoms with van der Waals surface area (Å²) in [6.07, 6.45) is 2.68. The molecule has 3 aliphatic rings.